The summed E-state index contributed by atoms with van der Waals surface area (Å²) in [6.07, 6.45) is 0.329. The SMILES string of the molecule is O=C(CCNc1cccc(Br)c1)Nc1cc(Cl)ccc1Cl. The van der Waals surface area contributed by atoms with Gasteiger partial charge in [-0.3, -0.25) is 4.79 Å². The molecule has 0 aliphatic rings. The number of carbonyl (C=O) groups is 1. The number of carbonyl (C=O) groups excluding carboxylic acids is 1. The smallest absolute Gasteiger partial charge is 0.226 e. The lowest BCUT2D eigenvalue weighted by atomic mass is 10.3. The van der Waals surface area contributed by atoms with Crippen LogP contribution in [0.5, 0.6) is 0 Å². The van der Waals surface area contributed by atoms with Gasteiger partial charge in [0.2, 0.25) is 5.91 Å². The highest BCUT2D eigenvalue weighted by atomic mass is 79.9. The predicted octanol–water partition coefficient (Wildman–Crippen LogP) is 5.20. The Bertz CT molecular complexity index is 649. The van der Waals surface area contributed by atoms with Gasteiger partial charge in [-0.25, -0.2) is 0 Å². The second-order valence-electron chi connectivity index (χ2n) is 4.36. The molecule has 110 valence electrons. The molecule has 0 saturated heterocycles. The minimum Gasteiger partial charge on any atom is -0.384 e. The summed E-state index contributed by atoms with van der Waals surface area (Å²) >= 11 is 15.3. The van der Waals surface area contributed by atoms with Crippen molar-refractivity contribution < 1.29 is 4.79 Å². The molecule has 21 heavy (non-hydrogen) atoms. The molecule has 0 unspecified atom stereocenters. The summed E-state index contributed by atoms with van der Waals surface area (Å²) in [5.41, 5.74) is 1.48. The molecule has 2 aromatic carbocycles. The van der Waals surface area contributed by atoms with E-state index in [9.17, 15) is 4.79 Å². The zero-order valence-electron chi connectivity index (χ0n) is 11.0. The maximum Gasteiger partial charge on any atom is 0.226 e. The third kappa shape index (κ3) is 5.23. The lowest BCUT2D eigenvalue weighted by Crippen LogP contribution is -2.16. The summed E-state index contributed by atoms with van der Waals surface area (Å²) in [5.74, 6) is -0.123. The first-order valence-electron chi connectivity index (χ1n) is 6.29. The van der Waals surface area contributed by atoms with E-state index in [1.807, 2.05) is 24.3 Å². The van der Waals surface area contributed by atoms with Gasteiger partial charge in [-0.05, 0) is 36.4 Å². The highest BCUT2D eigenvalue weighted by Gasteiger charge is 2.06. The number of anilines is 2. The first-order valence-corrected chi connectivity index (χ1v) is 7.84. The highest BCUT2D eigenvalue weighted by molar-refractivity contribution is 9.10. The average Bonchev–Trinajstić information content (AvgIpc) is 2.43. The first kappa shape index (κ1) is 16.1. The summed E-state index contributed by atoms with van der Waals surface area (Å²) in [7, 11) is 0. The van der Waals surface area contributed by atoms with Gasteiger partial charge in [0, 0.05) is 28.1 Å². The Morgan fingerprint density at radius 1 is 1.14 bits per heavy atom. The average molecular weight is 388 g/mol. The van der Waals surface area contributed by atoms with E-state index in [-0.39, 0.29) is 5.91 Å². The molecule has 1 amide bonds. The number of rotatable bonds is 5. The molecular formula is C15H13BrCl2N2O. The van der Waals surface area contributed by atoms with Gasteiger partial charge < -0.3 is 10.6 Å². The van der Waals surface area contributed by atoms with Crippen LogP contribution in [0.25, 0.3) is 0 Å². The zero-order chi connectivity index (χ0) is 15.2. The molecule has 0 aromatic heterocycles. The van der Waals surface area contributed by atoms with Crippen LogP contribution in [0.1, 0.15) is 6.42 Å². The number of halogens is 3. The van der Waals surface area contributed by atoms with Crippen LogP contribution in [0.15, 0.2) is 46.9 Å². The number of benzene rings is 2. The van der Waals surface area contributed by atoms with E-state index in [1.54, 1.807) is 18.2 Å². The Morgan fingerprint density at radius 3 is 2.71 bits per heavy atom. The topological polar surface area (TPSA) is 41.1 Å². The van der Waals surface area contributed by atoms with Crippen molar-refractivity contribution >= 4 is 56.4 Å². The van der Waals surface area contributed by atoms with Gasteiger partial charge in [-0.2, -0.15) is 0 Å². The van der Waals surface area contributed by atoms with Crippen molar-refractivity contribution in [2.45, 2.75) is 6.42 Å². The van der Waals surface area contributed by atoms with Crippen molar-refractivity contribution in [3.63, 3.8) is 0 Å². The van der Waals surface area contributed by atoms with Crippen LogP contribution >= 0.6 is 39.1 Å². The minimum atomic E-state index is -0.123. The molecule has 3 nitrogen and oxygen atoms in total. The van der Waals surface area contributed by atoms with E-state index in [2.05, 4.69) is 26.6 Å². The summed E-state index contributed by atoms with van der Waals surface area (Å²) in [5, 5.41) is 6.92. The zero-order valence-corrected chi connectivity index (χ0v) is 14.1. The van der Waals surface area contributed by atoms with Crippen molar-refractivity contribution in [2.24, 2.45) is 0 Å². The monoisotopic (exact) mass is 386 g/mol. The van der Waals surface area contributed by atoms with Crippen LogP contribution in [-0.4, -0.2) is 12.5 Å². The maximum absolute atomic E-state index is 11.9. The summed E-state index contributed by atoms with van der Waals surface area (Å²) < 4.78 is 0.989. The van der Waals surface area contributed by atoms with Gasteiger partial charge in [-0.1, -0.05) is 45.2 Å². The Kier molecular flexibility index (Phi) is 5.91. The fourth-order valence-electron chi connectivity index (χ4n) is 1.72. The number of hydrogen-bond donors (Lipinski definition) is 2. The largest absolute Gasteiger partial charge is 0.384 e. The van der Waals surface area contributed by atoms with Crippen molar-refractivity contribution in [1.29, 1.82) is 0 Å². The number of amides is 1. The van der Waals surface area contributed by atoms with E-state index in [0.717, 1.165) is 10.2 Å². The molecule has 0 saturated carbocycles. The Balaban J connectivity index is 1.84. The van der Waals surface area contributed by atoms with Crippen molar-refractivity contribution in [2.75, 3.05) is 17.2 Å². The Hall–Kier alpha value is -1.23. The normalized spacial score (nSPS) is 10.2. The Morgan fingerprint density at radius 2 is 1.95 bits per heavy atom. The van der Waals surface area contributed by atoms with E-state index in [4.69, 9.17) is 23.2 Å². The molecule has 2 aromatic rings. The lowest BCUT2D eigenvalue weighted by molar-refractivity contribution is -0.115. The van der Waals surface area contributed by atoms with Crippen molar-refractivity contribution in [1.82, 2.24) is 0 Å². The molecule has 2 N–H and O–H groups in total. The summed E-state index contributed by atoms with van der Waals surface area (Å²) in [6.45, 7) is 0.528. The van der Waals surface area contributed by atoms with Crippen molar-refractivity contribution in [3.05, 3.63) is 57.0 Å². The number of hydrogen-bond acceptors (Lipinski definition) is 2. The third-order valence-corrected chi connectivity index (χ3v) is 3.77. The summed E-state index contributed by atoms with van der Waals surface area (Å²) in [6, 6.07) is 12.7. The fourth-order valence-corrected chi connectivity index (χ4v) is 2.46. The molecule has 0 heterocycles. The van der Waals surface area contributed by atoms with Gasteiger partial charge in [-0.15, -0.1) is 0 Å². The van der Waals surface area contributed by atoms with Crippen LogP contribution in [0.4, 0.5) is 11.4 Å². The molecule has 0 aliphatic heterocycles. The first-order chi connectivity index (χ1) is 10.0. The molecule has 0 spiro atoms. The van der Waals surface area contributed by atoms with Gasteiger partial charge in [0.1, 0.15) is 0 Å². The van der Waals surface area contributed by atoms with Crippen LogP contribution in [0, 0.1) is 0 Å². The van der Waals surface area contributed by atoms with Gasteiger partial charge in [0.15, 0.2) is 0 Å². The molecule has 0 bridgehead atoms. The van der Waals surface area contributed by atoms with Gasteiger partial charge in [0.25, 0.3) is 0 Å². The van der Waals surface area contributed by atoms with Crippen LogP contribution in [-0.2, 0) is 4.79 Å². The molecule has 0 aliphatic carbocycles. The van der Waals surface area contributed by atoms with Gasteiger partial charge in [0.05, 0.1) is 10.7 Å². The van der Waals surface area contributed by atoms with Crippen LogP contribution < -0.4 is 10.6 Å². The molecule has 6 heteroatoms. The quantitative estimate of drug-likeness (QED) is 0.740. The predicted molar refractivity (Wildman–Crippen MR) is 92.3 cm³/mol. The van der Waals surface area contributed by atoms with E-state index in [0.29, 0.717) is 28.7 Å². The lowest BCUT2D eigenvalue weighted by Gasteiger charge is -2.09. The number of nitrogens with one attached hydrogen (secondary N) is 2. The van der Waals surface area contributed by atoms with Crippen LogP contribution in [0.2, 0.25) is 10.0 Å². The molecule has 0 fully saturated rings. The van der Waals surface area contributed by atoms with Crippen molar-refractivity contribution in [3.8, 4) is 0 Å². The molecule has 0 atom stereocenters. The maximum atomic E-state index is 11.9. The second kappa shape index (κ2) is 7.69. The minimum absolute atomic E-state index is 0.123. The standard InChI is InChI=1S/C15H13BrCl2N2O/c16-10-2-1-3-12(8-10)19-7-6-15(21)20-14-9-11(17)4-5-13(14)18/h1-5,8-9,19H,6-7H2,(H,20,21). The van der Waals surface area contributed by atoms with Gasteiger partial charge >= 0.3 is 0 Å². The molecule has 0 radical (unpaired) electrons. The Labute approximate surface area is 141 Å². The van der Waals surface area contributed by atoms with E-state index in [1.165, 1.54) is 0 Å². The summed E-state index contributed by atoms with van der Waals surface area (Å²) in [4.78, 5) is 11.9. The third-order valence-electron chi connectivity index (χ3n) is 2.71. The van der Waals surface area contributed by atoms with Crippen LogP contribution in [0.3, 0.4) is 0 Å². The molecule has 2 rings (SSSR count). The van der Waals surface area contributed by atoms with E-state index >= 15 is 0 Å². The second-order valence-corrected chi connectivity index (χ2v) is 6.12. The molecular weight excluding hydrogens is 375 g/mol. The fraction of sp³-hybridized carbons (Fsp3) is 0.133. The van der Waals surface area contributed by atoms with E-state index < -0.39 is 0 Å². The highest BCUT2D eigenvalue weighted by Crippen LogP contribution is 2.25.